The van der Waals surface area contributed by atoms with Gasteiger partial charge in [0.1, 0.15) is 0 Å². The molecule has 1 aromatic rings. The predicted molar refractivity (Wildman–Crippen MR) is 52.3 cm³/mol. The first-order valence-electron chi connectivity index (χ1n) is 4.73. The van der Waals surface area contributed by atoms with Crippen LogP contribution in [-0.4, -0.2) is 34.6 Å². The van der Waals surface area contributed by atoms with Crippen molar-refractivity contribution < 1.29 is 41.5 Å². The second-order valence-electron chi connectivity index (χ2n) is 3.70. The van der Waals surface area contributed by atoms with Crippen molar-refractivity contribution in [2.75, 3.05) is 0 Å². The van der Waals surface area contributed by atoms with Crippen molar-refractivity contribution in [3.05, 3.63) is 29.8 Å². The third-order valence-electron chi connectivity index (χ3n) is 2.45. The van der Waals surface area contributed by atoms with Crippen LogP contribution in [0.15, 0.2) is 24.3 Å². The second-order valence-corrected chi connectivity index (χ2v) is 3.70. The Kier molecular flexibility index (Phi) is 3.90. The van der Waals surface area contributed by atoms with Gasteiger partial charge in [0.25, 0.3) is 5.60 Å². The van der Waals surface area contributed by atoms with Gasteiger partial charge in [0.2, 0.25) is 0 Å². The van der Waals surface area contributed by atoms with Gasteiger partial charge in [-0.1, -0.05) is 24.3 Å². The number of benzene rings is 1. The summed E-state index contributed by atoms with van der Waals surface area (Å²) in [7, 11) is -2.04. The fraction of sp³-hybridized carbons (Fsp3) is 0.333. The Morgan fingerprint density at radius 3 is 1.42 bits per heavy atom. The molecule has 0 amide bonds. The van der Waals surface area contributed by atoms with E-state index in [1.165, 1.54) is 0 Å². The third-order valence-corrected chi connectivity index (χ3v) is 2.45. The summed E-state index contributed by atoms with van der Waals surface area (Å²) in [6.45, 7) is 0. The molecule has 0 bridgehead atoms. The maximum atomic E-state index is 12.5. The van der Waals surface area contributed by atoms with Crippen LogP contribution in [0.4, 0.5) is 26.3 Å². The number of hydrogen-bond acceptors (Lipinski definition) is 3. The van der Waals surface area contributed by atoms with Gasteiger partial charge < -0.3 is 15.2 Å². The van der Waals surface area contributed by atoms with E-state index in [-0.39, 0.29) is 5.46 Å². The summed E-state index contributed by atoms with van der Waals surface area (Å²) in [6.07, 6.45) is -11.9. The first-order valence-corrected chi connectivity index (χ1v) is 4.73. The average Bonchev–Trinajstić information content (AvgIpc) is 2.25. The van der Waals surface area contributed by atoms with Crippen molar-refractivity contribution >= 4 is 12.6 Å². The Morgan fingerprint density at radius 1 is 0.789 bits per heavy atom. The predicted octanol–water partition coefficient (Wildman–Crippen LogP) is 0.679. The van der Waals surface area contributed by atoms with Crippen LogP contribution < -0.4 is 5.46 Å². The van der Waals surface area contributed by atoms with Gasteiger partial charge in [-0.25, -0.2) is 0 Å². The first kappa shape index (κ1) is 15.8. The highest BCUT2D eigenvalue weighted by Gasteiger charge is 2.71. The van der Waals surface area contributed by atoms with Crippen LogP contribution in [0.2, 0.25) is 0 Å². The van der Waals surface area contributed by atoms with E-state index < -0.39 is 30.6 Å². The highest BCUT2D eigenvalue weighted by atomic mass is 19.4. The van der Waals surface area contributed by atoms with Crippen LogP contribution >= 0.6 is 0 Å². The molecule has 0 heterocycles. The van der Waals surface area contributed by atoms with Gasteiger partial charge in [-0.2, -0.15) is 26.3 Å². The zero-order valence-corrected chi connectivity index (χ0v) is 9.00. The lowest BCUT2D eigenvalue weighted by Gasteiger charge is -2.32. The summed E-state index contributed by atoms with van der Waals surface area (Å²) in [5, 5.41) is 26.4. The normalized spacial score (nSPS) is 13.5. The van der Waals surface area contributed by atoms with Crippen LogP contribution in [0.5, 0.6) is 0 Å². The molecular formula is C9H7BF6O3. The zero-order chi connectivity index (χ0) is 15.1. The lowest BCUT2D eigenvalue weighted by atomic mass is 9.79. The Bertz CT molecular complexity index is 425. The van der Waals surface area contributed by atoms with Crippen molar-refractivity contribution in [2.24, 2.45) is 0 Å². The molecule has 0 saturated carbocycles. The van der Waals surface area contributed by atoms with Gasteiger partial charge in [-0.15, -0.1) is 0 Å². The minimum Gasteiger partial charge on any atom is -0.423 e. The molecule has 0 saturated heterocycles. The van der Waals surface area contributed by atoms with Gasteiger partial charge in [0.05, 0.1) is 0 Å². The van der Waals surface area contributed by atoms with E-state index >= 15 is 0 Å². The van der Waals surface area contributed by atoms with E-state index in [4.69, 9.17) is 15.2 Å². The standard InChI is InChI=1S/C9H7BF6O3/c11-8(12,13)7(17,9(14,15)16)5-1-3-6(4-2-5)10(18)19/h1-4,17-19H. The van der Waals surface area contributed by atoms with E-state index in [2.05, 4.69) is 0 Å². The molecule has 0 spiro atoms. The molecule has 10 heteroatoms. The molecule has 1 aromatic carbocycles. The van der Waals surface area contributed by atoms with Gasteiger partial charge >= 0.3 is 19.5 Å². The van der Waals surface area contributed by atoms with Gasteiger partial charge in [0, 0.05) is 5.56 Å². The quantitative estimate of drug-likeness (QED) is 0.554. The lowest BCUT2D eigenvalue weighted by Crippen LogP contribution is -2.54. The number of alkyl halides is 6. The molecule has 3 N–H and O–H groups in total. The Morgan fingerprint density at radius 2 is 1.16 bits per heavy atom. The van der Waals surface area contributed by atoms with Crippen molar-refractivity contribution in [1.82, 2.24) is 0 Å². The van der Waals surface area contributed by atoms with E-state index in [1.54, 1.807) is 0 Å². The summed E-state index contributed by atoms with van der Waals surface area (Å²) >= 11 is 0. The molecule has 0 aliphatic carbocycles. The number of halogens is 6. The highest BCUT2D eigenvalue weighted by Crippen LogP contribution is 2.49. The summed E-state index contributed by atoms with van der Waals surface area (Å²) in [4.78, 5) is 0. The van der Waals surface area contributed by atoms with Gasteiger partial charge in [-0.3, -0.25) is 0 Å². The molecule has 0 aliphatic heterocycles. The number of rotatable bonds is 2. The average molecular weight is 288 g/mol. The second kappa shape index (κ2) is 4.69. The monoisotopic (exact) mass is 288 g/mol. The molecule has 0 aliphatic rings. The molecule has 0 unspecified atom stereocenters. The minimum atomic E-state index is -5.97. The van der Waals surface area contributed by atoms with Crippen LogP contribution in [0.1, 0.15) is 5.56 Å². The van der Waals surface area contributed by atoms with Crippen LogP contribution in [0, 0.1) is 0 Å². The van der Waals surface area contributed by atoms with E-state index in [0.29, 0.717) is 24.3 Å². The van der Waals surface area contributed by atoms with Crippen molar-refractivity contribution in [3.8, 4) is 0 Å². The molecule has 3 nitrogen and oxygen atoms in total. The number of aliphatic hydroxyl groups is 1. The first-order chi connectivity index (χ1) is 8.41. The SMILES string of the molecule is OB(O)c1ccc(C(O)(C(F)(F)F)C(F)(F)F)cc1. The summed E-state index contributed by atoms with van der Waals surface area (Å²) in [5.74, 6) is 0. The fourth-order valence-electron chi connectivity index (χ4n) is 1.38. The maximum Gasteiger partial charge on any atom is 0.488 e. The molecule has 1 rings (SSSR count). The van der Waals surface area contributed by atoms with Crippen LogP contribution in [0.25, 0.3) is 0 Å². The summed E-state index contributed by atoms with van der Waals surface area (Å²) in [5.41, 5.74) is -6.79. The Labute approximate surface area is 103 Å². The number of hydrogen-bond donors (Lipinski definition) is 3. The topological polar surface area (TPSA) is 60.7 Å². The lowest BCUT2D eigenvalue weighted by molar-refractivity contribution is -0.376. The molecule has 0 atom stereocenters. The largest absolute Gasteiger partial charge is 0.488 e. The highest BCUT2D eigenvalue weighted by molar-refractivity contribution is 6.58. The Hall–Kier alpha value is -1.26. The summed E-state index contributed by atoms with van der Waals surface area (Å²) in [6, 6.07) is 1.94. The maximum absolute atomic E-state index is 12.5. The molecule has 0 radical (unpaired) electrons. The molecular weight excluding hydrogens is 281 g/mol. The van der Waals surface area contributed by atoms with Crippen LogP contribution in [-0.2, 0) is 5.60 Å². The third kappa shape index (κ3) is 2.70. The molecule has 0 fully saturated rings. The van der Waals surface area contributed by atoms with Crippen molar-refractivity contribution in [1.29, 1.82) is 0 Å². The zero-order valence-electron chi connectivity index (χ0n) is 9.00. The smallest absolute Gasteiger partial charge is 0.423 e. The van der Waals surface area contributed by atoms with Crippen molar-refractivity contribution in [3.63, 3.8) is 0 Å². The van der Waals surface area contributed by atoms with Crippen molar-refractivity contribution in [2.45, 2.75) is 18.0 Å². The molecule has 0 aromatic heterocycles. The van der Waals surface area contributed by atoms with Crippen LogP contribution in [0.3, 0.4) is 0 Å². The van der Waals surface area contributed by atoms with E-state index in [0.717, 1.165) is 0 Å². The minimum absolute atomic E-state index is 0.310. The van der Waals surface area contributed by atoms with E-state index in [1.807, 2.05) is 0 Å². The summed E-state index contributed by atoms with van der Waals surface area (Å²) < 4.78 is 74.9. The van der Waals surface area contributed by atoms with E-state index in [9.17, 15) is 26.3 Å². The van der Waals surface area contributed by atoms with Gasteiger partial charge in [-0.05, 0) is 5.46 Å². The fourth-order valence-corrected chi connectivity index (χ4v) is 1.38. The molecule has 19 heavy (non-hydrogen) atoms. The Balaban J connectivity index is 3.36. The van der Waals surface area contributed by atoms with Gasteiger partial charge in [0.15, 0.2) is 0 Å². The molecule has 106 valence electrons.